The lowest BCUT2D eigenvalue weighted by molar-refractivity contribution is -0.118. The molecule has 3 aliphatic rings. The molecule has 2 N–H and O–H groups in total. The van der Waals surface area contributed by atoms with E-state index in [9.17, 15) is 18.7 Å². The number of amides is 1. The van der Waals surface area contributed by atoms with Crippen molar-refractivity contribution in [2.24, 2.45) is 11.8 Å². The Hall–Kier alpha value is -1.87. The van der Waals surface area contributed by atoms with Gasteiger partial charge >= 0.3 is 0 Å². The van der Waals surface area contributed by atoms with E-state index in [0.29, 0.717) is 24.1 Å². The van der Waals surface area contributed by atoms with E-state index < -0.39 is 30.3 Å². The summed E-state index contributed by atoms with van der Waals surface area (Å²) in [6.45, 7) is 4.67. The van der Waals surface area contributed by atoms with Crippen LogP contribution < -0.4 is 5.32 Å². The zero-order chi connectivity index (χ0) is 23.3. The zero-order valence-corrected chi connectivity index (χ0v) is 19.2. The van der Waals surface area contributed by atoms with E-state index in [0.717, 1.165) is 42.3 Å². The molecule has 0 radical (unpaired) electrons. The van der Waals surface area contributed by atoms with Gasteiger partial charge < -0.3 is 15.2 Å². The van der Waals surface area contributed by atoms with Gasteiger partial charge in [0.05, 0.1) is 24.9 Å². The summed E-state index contributed by atoms with van der Waals surface area (Å²) in [5.41, 5.74) is 0.711. The Balaban J connectivity index is 1.30. The third-order valence-corrected chi connectivity index (χ3v) is 7.96. The van der Waals surface area contributed by atoms with Crippen LogP contribution in [0.2, 0.25) is 5.02 Å². The van der Waals surface area contributed by atoms with Crippen molar-refractivity contribution in [2.45, 2.75) is 50.2 Å². The molecule has 178 valence electrons. The maximum Gasteiger partial charge on any atom is 0.242 e. The van der Waals surface area contributed by atoms with Gasteiger partial charge in [-0.15, -0.1) is 0 Å². The van der Waals surface area contributed by atoms with Crippen molar-refractivity contribution in [3.8, 4) is 0 Å². The maximum atomic E-state index is 12.8. The highest BCUT2D eigenvalue weighted by Crippen LogP contribution is 2.44. The molecule has 2 aromatic rings. The van der Waals surface area contributed by atoms with E-state index in [1.807, 2.05) is 12.1 Å². The highest BCUT2D eigenvalue weighted by Gasteiger charge is 2.49. The molecule has 1 saturated carbocycles. The van der Waals surface area contributed by atoms with Gasteiger partial charge in [0.1, 0.15) is 5.82 Å². The first-order valence-electron chi connectivity index (χ1n) is 11.5. The van der Waals surface area contributed by atoms with Gasteiger partial charge in [0, 0.05) is 28.4 Å². The number of aliphatic hydroxyl groups is 1. The van der Waals surface area contributed by atoms with Gasteiger partial charge in [-0.3, -0.25) is 9.69 Å². The summed E-state index contributed by atoms with van der Waals surface area (Å²) in [6.07, 6.45) is 0.748. The summed E-state index contributed by atoms with van der Waals surface area (Å²) in [5, 5.41) is 15.5. The molecule has 5 rings (SSSR count). The van der Waals surface area contributed by atoms with Crippen LogP contribution in [0.1, 0.15) is 37.7 Å². The SMILES string of the molecule is C[C@]1(N2CCC(c3cc4cc(NC(=O)[C@H]5C[C@H]5C(F)F)ncc4cc3Cl)CC2)COC[C@H]1O. The molecule has 0 bridgehead atoms. The van der Waals surface area contributed by atoms with Gasteiger partial charge in [-0.25, -0.2) is 13.8 Å². The quantitative estimate of drug-likeness (QED) is 0.676. The fourth-order valence-corrected chi connectivity index (χ4v) is 5.56. The predicted molar refractivity (Wildman–Crippen MR) is 122 cm³/mol. The minimum Gasteiger partial charge on any atom is -0.389 e. The van der Waals surface area contributed by atoms with Crippen molar-refractivity contribution in [1.82, 2.24) is 9.88 Å². The number of carbonyl (C=O) groups excluding carboxylic acids is 1. The van der Waals surface area contributed by atoms with Gasteiger partial charge in [-0.1, -0.05) is 11.6 Å². The third-order valence-electron chi connectivity index (χ3n) is 7.63. The van der Waals surface area contributed by atoms with Crippen molar-refractivity contribution < 1.29 is 23.4 Å². The van der Waals surface area contributed by atoms with Crippen LogP contribution in [-0.4, -0.2) is 65.3 Å². The molecule has 6 nitrogen and oxygen atoms in total. The number of hydrogen-bond donors (Lipinski definition) is 2. The second-order valence-corrected chi connectivity index (χ2v) is 10.2. The third kappa shape index (κ3) is 4.34. The van der Waals surface area contributed by atoms with Crippen LogP contribution in [0.4, 0.5) is 14.6 Å². The van der Waals surface area contributed by atoms with E-state index in [4.69, 9.17) is 16.3 Å². The zero-order valence-electron chi connectivity index (χ0n) is 18.4. The molecular formula is C24H28ClF2N3O3. The molecule has 0 spiro atoms. The number of aromatic nitrogens is 1. The number of piperidine rings is 1. The molecule has 33 heavy (non-hydrogen) atoms. The highest BCUT2D eigenvalue weighted by molar-refractivity contribution is 6.32. The minimum absolute atomic E-state index is 0.220. The minimum atomic E-state index is -2.46. The van der Waals surface area contributed by atoms with Gasteiger partial charge in [-0.2, -0.15) is 0 Å². The summed E-state index contributed by atoms with van der Waals surface area (Å²) in [5.74, 6) is -1.25. The lowest BCUT2D eigenvalue weighted by Crippen LogP contribution is -2.56. The molecule has 9 heteroatoms. The number of fused-ring (bicyclic) bond motifs is 1. The van der Waals surface area contributed by atoms with Crippen LogP contribution in [0.15, 0.2) is 24.4 Å². The van der Waals surface area contributed by atoms with Crippen LogP contribution in [0.5, 0.6) is 0 Å². The summed E-state index contributed by atoms with van der Waals surface area (Å²) >= 11 is 6.63. The normalized spacial score (nSPS) is 30.8. The molecule has 2 aliphatic heterocycles. The maximum absolute atomic E-state index is 12.8. The first kappa shape index (κ1) is 22.9. The van der Waals surface area contributed by atoms with Crippen LogP contribution >= 0.6 is 11.6 Å². The van der Waals surface area contributed by atoms with Gasteiger partial charge in [0.15, 0.2) is 0 Å². The Morgan fingerprint density at radius 1 is 1.30 bits per heavy atom. The van der Waals surface area contributed by atoms with Crippen molar-refractivity contribution in [3.63, 3.8) is 0 Å². The topological polar surface area (TPSA) is 74.7 Å². The van der Waals surface area contributed by atoms with Crippen LogP contribution in [-0.2, 0) is 9.53 Å². The molecule has 1 aromatic carbocycles. The van der Waals surface area contributed by atoms with Crippen LogP contribution in [0.3, 0.4) is 0 Å². The van der Waals surface area contributed by atoms with E-state index in [-0.39, 0.29) is 17.9 Å². The number of hydrogen-bond acceptors (Lipinski definition) is 5. The Morgan fingerprint density at radius 2 is 2.06 bits per heavy atom. The Morgan fingerprint density at radius 3 is 2.70 bits per heavy atom. The van der Waals surface area contributed by atoms with Crippen LogP contribution in [0, 0.1) is 11.8 Å². The summed E-state index contributed by atoms with van der Waals surface area (Å²) in [6, 6.07) is 5.71. The van der Waals surface area contributed by atoms with E-state index in [2.05, 4.69) is 22.1 Å². The lowest BCUT2D eigenvalue weighted by atomic mass is 9.85. The molecule has 3 fully saturated rings. The number of carbonyl (C=O) groups is 1. The van der Waals surface area contributed by atoms with Crippen molar-refractivity contribution in [2.75, 3.05) is 31.6 Å². The first-order valence-corrected chi connectivity index (χ1v) is 11.8. The molecule has 0 unspecified atom stereocenters. The molecule has 2 saturated heterocycles. The number of likely N-dealkylation sites (tertiary alicyclic amines) is 1. The molecular weight excluding hydrogens is 452 g/mol. The Bertz CT molecular complexity index is 1060. The van der Waals surface area contributed by atoms with Crippen molar-refractivity contribution >= 4 is 34.1 Å². The Labute approximate surface area is 196 Å². The van der Waals surface area contributed by atoms with Gasteiger partial charge in [0.25, 0.3) is 0 Å². The number of aliphatic hydroxyl groups excluding tert-OH is 1. The fraction of sp³-hybridized carbons (Fsp3) is 0.583. The van der Waals surface area contributed by atoms with Crippen LogP contribution in [0.25, 0.3) is 10.8 Å². The number of anilines is 1. The fourth-order valence-electron chi connectivity index (χ4n) is 5.23. The average molecular weight is 480 g/mol. The standard InChI is InChI=1S/C24H28ClF2N3O3/c1-24(12-33-11-20(24)31)30-4-2-13(3-5-30)16-6-14-8-21(28-10-15(14)7-19(16)25)29-23(32)18-9-17(18)22(26)27/h6-8,10,13,17-18,20,22,31H,2-5,9,11-12H2,1H3,(H,28,29,32)/t17-,18+,20-,24+/m1/s1. The number of halogens is 3. The number of nitrogens with zero attached hydrogens (tertiary/aromatic N) is 2. The number of benzene rings is 1. The number of nitrogens with one attached hydrogen (secondary N) is 1. The average Bonchev–Trinajstić information content (AvgIpc) is 3.54. The monoisotopic (exact) mass is 479 g/mol. The Kier molecular flexibility index (Phi) is 6.05. The second-order valence-electron chi connectivity index (χ2n) is 9.77. The number of ether oxygens (including phenoxy) is 1. The second kappa shape index (κ2) is 8.73. The predicted octanol–water partition coefficient (Wildman–Crippen LogP) is 4.06. The number of alkyl halides is 2. The van der Waals surface area contributed by atoms with E-state index in [1.54, 1.807) is 12.3 Å². The number of rotatable bonds is 5. The van der Waals surface area contributed by atoms with Gasteiger partial charge in [0.2, 0.25) is 12.3 Å². The lowest BCUT2D eigenvalue weighted by Gasteiger charge is -2.43. The summed E-state index contributed by atoms with van der Waals surface area (Å²) in [7, 11) is 0. The molecule has 1 amide bonds. The first-order chi connectivity index (χ1) is 15.8. The van der Waals surface area contributed by atoms with Crippen molar-refractivity contribution in [3.05, 3.63) is 35.0 Å². The largest absolute Gasteiger partial charge is 0.389 e. The van der Waals surface area contributed by atoms with Gasteiger partial charge in [-0.05, 0) is 74.3 Å². The molecule has 1 aromatic heterocycles. The smallest absolute Gasteiger partial charge is 0.242 e. The summed E-state index contributed by atoms with van der Waals surface area (Å²) < 4.78 is 31.0. The molecule has 4 atom stereocenters. The summed E-state index contributed by atoms with van der Waals surface area (Å²) in [4.78, 5) is 18.8. The van der Waals surface area contributed by atoms with Crippen molar-refractivity contribution in [1.29, 1.82) is 0 Å². The van der Waals surface area contributed by atoms with E-state index >= 15 is 0 Å². The van der Waals surface area contributed by atoms with E-state index in [1.165, 1.54) is 0 Å². The molecule has 3 heterocycles. The highest BCUT2D eigenvalue weighted by atomic mass is 35.5. The molecule has 1 aliphatic carbocycles. The number of pyridine rings is 1.